The molecule has 1 aromatic carbocycles. The van der Waals surface area contributed by atoms with Crippen LogP contribution >= 0.6 is 22.9 Å². The van der Waals surface area contributed by atoms with Gasteiger partial charge in [0.15, 0.2) is 9.84 Å². The maximum absolute atomic E-state index is 12.9. The van der Waals surface area contributed by atoms with Crippen LogP contribution < -0.4 is 15.4 Å². The highest BCUT2D eigenvalue weighted by Crippen LogP contribution is 2.32. The van der Waals surface area contributed by atoms with Crippen molar-refractivity contribution in [1.29, 1.82) is 0 Å². The van der Waals surface area contributed by atoms with Crippen LogP contribution in [0.2, 0.25) is 4.34 Å². The maximum atomic E-state index is 12.9. The van der Waals surface area contributed by atoms with Gasteiger partial charge in [-0.25, -0.2) is 18.0 Å². The average Bonchev–Trinajstić information content (AvgIpc) is 3.15. The molecule has 3 rings (SSSR count). The Labute approximate surface area is 182 Å². The fraction of sp³-hybridized carbons (Fsp3) is 0.263. The summed E-state index contributed by atoms with van der Waals surface area (Å²) in [6.07, 6.45) is 0. The first-order valence-electron chi connectivity index (χ1n) is 8.85. The predicted octanol–water partition coefficient (Wildman–Crippen LogP) is 3.06. The van der Waals surface area contributed by atoms with E-state index in [9.17, 15) is 18.0 Å². The van der Waals surface area contributed by atoms with E-state index in [0.717, 1.165) is 11.3 Å². The van der Waals surface area contributed by atoms with Gasteiger partial charge in [0.25, 0.3) is 0 Å². The third kappa shape index (κ3) is 4.77. The van der Waals surface area contributed by atoms with E-state index in [1.807, 2.05) is 0 Å². The van der Waals surface area contributed by atoms with Gasteiger partial charge in [-0.05, 0) is 36.8 Å². The number of urea groups is 1. The van der Waals surface area contributed by atoms with Crippen LogP contribution in [0.25, 0.3) is 0 Å². The lowest BCUT2D eigenvalue weighted by atomic mass is 9.95. The lowest BCUT2D eigenvalue weighted by Crippen LogP contribution is -2.47. The van der Waals surface area contributed by atoms with E-state index < -0.39 is 33.6 Å². The van der Waals surface area contributed by atoms with Gasteiger partial charge >= 0.3 is 12.0 Å². The number of methoxy groups -OCH3 is 1. The smallest absolute Gasteiger partial charge is 0.338 e. The Morgan fingerprint density at radius 2 is 2.03 bits per heavy atom. The first kappa shape index (κ1) is 22.1. The number of nitrogens with one attached hydrogen (secondary N) is 2. The van der Waals surface area contributed by atoms with Crippen LogP contribution in [0.3, 0.4) is 0 Å². The molecule has 1 aliphatic heterocycles. The van der Waals surface area contributed by atoms with Crippen molar-refractivity contribution in [2.45, 2.75) is 17.2 Å². The quantitative estimate of drug-likeness (QED) is 0.602. The summed E-state index contributed by atoms with van der Waals surface area (Å²) in [5.41, 5.74) is 0.506. The number of hydrogen-bond acceptors (Lipinski definition) is 7. The van der Waals surface area contributed by atoms with Gasteiger partial charge in [0.1, 0.15) is 9.96 Å². The molecule has 0 bridgehead atoms. The van der Waals surface area contributed by atoms with Gasteiger partial charge in [0, 0.05) is 5.70 Å². The highest BCUT2D eigenvalue weighted by atomic mass is 35.5. The van der Waals surface area contributed by atoms with Crippen LogP contribution in [-0.2, 0) is 19.4 Å². The number of halogens is 1. The molecule has 1 aliphatic rings. The van der Waals surface area contributed by atoms with Gasteiger partial charge in [-0.3, -0.25) is 0 Å². The zero-order chi connectivity index (χ0) is 21.9. The van der Waals surface area contributed by atoms with E-state index in [1.165, 1.54) is 19.2 Å². The predicted molar refractivity (Wildman–Crippen MR) is 112 cm³/mol. The second kappa shape index (κ2) is 9.07. The van der Waals surface area contributed by atoms with Gasteiger partial charge in [0.05, 0.1) is 35.4 Å². The van der Waals surface area contributed by atoms with Gasteiger partial charge < -0.3 is 20.1 Å². The van der Waals surface area contributed by atoms with Crippen molar-refractivity contribution in [3.8, 4) is 5.75 Å². The summed E-state index contributed by atoms with van der Waals surface area (Å²) in [5.74, 6) is -0.801. The van der Waals surface area contributed by atoms with Crippen LogP contribution in [0, 0.1) is 0 Å². The number of esters is 1. The molecule has 160 valence electrons. The first-order valence-corrected chi connectivity index (χ1v) is 11.7. The molecular weight excluding hydrogens is 452 g/mol. The zero-order valence-corrected chi connectivity index (χ0v) is 18.5. The molecule has 0 radical (unpaired) electrons. The summed E-state index contributed by atoms with van der Waals surface area (Å²) >= 11 is 6.76. The monoisotopic (exact) mass is 470 g/mol. The molecule has 2 heterocycles. The molecule has 8 nitrogen and oxygen atoms in total. The number of carbonyl (C=O) groups is 2. The number of hydrogen-bond donors (Lipinski definition) is 2. The van der Waals surface area contributed by atoms with Crippen molar-refractivity contribution in [1.82, 2.24) is 10.6 Å². The van der Waals surface area contributed by atoms with E-state index in [0.29, 0.717) is 15.6 Å². The number of rotatable bonds is 7. The van der Waals surface area contributed by atoms with E-state index in [-0.39, 0.29) is 22.1 Å². The topological polar surface area (TPSA) is 111 Å². The van der Waals surface area contributed by atoms with Crippen LogP contribution in [0.1, 0.15) is 18.5 Å². The minimum Gasteiger partial charge on any atom is -0.497 e. The van der Waals surface area contributed by atoms with Crippen LogP contribution in [0.15, 0.2) is 51.9 Å². The highest BCUT2D eigenvalue weighted by molar-refractivity contribution is 7.93. The summed E-state index contributed by atoms with van der Waals surface area (Å²) in [6.45, 7) is 1.72. The van der Waals surface area contributed by atoms with Gasteiger partial charge in [-0.15, -0.1) is 11.3 Å². The van der Waals surface area contributed by atoms with Crippen molar-refractivity contribution in [2.24, 2.45) is 0 Å². The molecule has 11 heteroatoms. The summed E-state index contributed by atoms with van der Waals surface area (Å²) in [6, 6.07) is 8.08. The molecule has 2 N–H and O–H groups in total. The third-order valence-corrected chi connectivity index (χ3v) is 7.72. The number of sulfone groups is 1. The molecule has 1 atom stereocenters. The normalized spacial score (nSPS) is 16.6. The minimum absolute atomic E-state index is 0.0101. The molecule has 0 saturated carbocycles. The Kier molecular flexibility index (Phi) is 6.69. The Morgan fingerprint density at radius 3 is 2.67 bits per heavy atom. The summed E-state index contributed by atoms with van der Waals surface area (Å²) in [4.78, 5) is 25.1. The molecular formula is C19H19ClN2O6S2. The Hall–Kier alpha value is -2.56. The van der Waals surface area contributed by atoms with Crippen molar-refractivity contribution in [3.05, 3.63) is 57.6 Å². The molecule has 0 spiro atoms. The fourth-order valence-corrected chi connectivity index (χ4v) is 5.87. The van der Waals surface area contributed by atoms with E-state index in [2.05, 4.69) is 10.6 Å². The SMILES string of the molecule is CCOC(=O)C1=C(CS(=O)(=O)c2ccc(Cl)s2)NC(=O)NC1c1cccc(OC)c1. The third-order valence-electron chi connectivity index (χ3n) is 4.27. The van der Waals surface area contributed by atoms with Crippen molar-refractivity contribution >= 4 is 44.8 Å². The Balaban J connectivity index is 2.10. The van der Waals surface area contributed by atoms with E-state index >= 15 is 0 Å². The lowest BCUT2D eigenvalue weighted by molar-refractivity contribution is -0.139. The molecule has 2 aromatic rings. The van der Waals surface area contributed by atoms with Gasteiger partial charge in [0.2, 0.25) is 0 Å². The van der Waals surface area contributed by atoms with Gasteiger partial charge in [-0.2, -0.15) is 0 Å². The van der Waals surface area contributed by atoms with Crippen LogP contribution in [0.5, 0.6) is 5.75 Å². The molecule has 30 heavy (non-hydrogen) atoms. The fourth-order valence-electron chi connectivity index (χ4n) is 2.98. The van der Waals surface area contributed by atoms with E-state index in [1.54, 1.807) is 31.2 Å². The standard InChI is InChI=1S/C19H19ClN2O6S2/c1-3-28-18(23)16-13(10-30(25,26)15-8-7-14(20)29-15)21-19(24)22-17(16)11-5-4-6-12(9-11)27-2/h4-9,17H,3,10H2,1-2H3,(H2,21,22,24). The average molecular weight is 471 g/mol. The first-order chi connectivity index (χ1) is 14.2. The second-order valence-electron chi connectivity index (χ2n) is 6.24. The Bertz CT molecular complexity index is 1110. The summed E-state index contributed by atoms with van der Waals surface area (Å²) in [5, 5.41) is 5.11. The van der Waals surface area contributed by atoms with Crippen molar-refractivity contribution in [2.75, 3.05) is 19.5 Å². The molecule has 0 fully saturated rings. The number of carbonyl (C=O) groups excluding carboxylic acids is 2. The molecule has 0 saturated heterocycles. The van der Waals surface area contributed by atoms with Crippen molar-refractivity contribution in [3.63, 3.8) is 0 Å². The Morgan fingerprint density at radius 1 is 1.27 bits per heavy atom. The summed E-state index contributed by atoms with van der Waals surface area (Å²) in [7, 11) is -2.37. The molecule has 0 aliphatic carbocycles. The minimum atomic E-state index is -3.86. The zero-order valence-electron chi connectivity index (χ0n) is 16.1. The largest absolute Gasteiger partial charge is 0.497 e. The number of thiophene rings is 1. The second-order valence-corrected chi connectivity index (χ2v) is 10.2. The highest BCUT2D eigenvalue weighted by Gasteiger charge is 2.36. The summed E-state index contributed by atoms with van der Waals surface area (Å²) < 4.78 is 36.4. The van der Waals surface area contributed by atoms with Gasteiger partial charge in [-0.1, -0.05) is 23.7 Å². The number of ether oxygens (including phenoxy) is 2. The number of amides is 2. The van der Waals surface area contributed by atoms with Crippen LogP contribution in [-0.4, -0.2) is 39.9 Å². The maximum Gasteiger partial charge on any atom is 0.338 e. The van der Waals surface area contributed by atoms with Crippen LogP contribution in [0.4, 0.5) is 4.79 Å². The lowest BCUT2D eigenvalue weighted by Gasteiger charge is -2.29. The number of benzene rings is 1. The van der Waals surface area contributed by atoms with Crippen molar-refractivity contribution < 1.29 is 27.5 Å². The molecule has 2 amide bonds. The molecule has 1 aromatic heterocycles. The van der Waals surface area contributed by atoms with E-state index in [4.69, 9.17) is 21.1 Å². The molecule has 1 unspecified atom stereocenters.